The summed E-state index contributed by atoms with van der Waals surface area (Å²) in [7, 11) is 0. The van der Waals surface area contributed by atoms with Crippen LogP contribution in [0.1, 0.15) is 23.9 Å². The highest BCUT2D eigenvalue weighted by molar-refractivity contribution is 9.10. The average molecular weight is 475 g/mol. The molecule has 0 aliphatic heterocycles. The van der Waals surface area contributed by atoms with Crippen LogP contribution in [0.25, 0.3) is 0 Å². The van der Waals surface area contributed by atoms with Crippen LogP contribution in [0.2, 0.25) is 0 Å². The zero-order valence-electron chi connectivity index (χ0n) is 16.6. The van der Waals surface area contributed by atoms with Gasteiger partial charge in [0.25, 0.3) is 0 Å². The number of aromatic nitrogens is 3. The van der Waals surface area contributed by atoms with E-state index in [1.54, 1.807) is 0 Å². The number of nitrogens with zero attached hydrogens (tertiary/aromatic N) is 3. The number of thioether (sulfide) groups is 1. The SMILES string of the molecule is CCn1c(COc2ccc(Br)cc2)nnc1SCC(=O)Nc1cc(C)cc(C)c1. The quantitative estimate of drug-likeness (QED) is 0.465. The van der Waals surface area contributed by atoms with E-state index in [-0.39, 0.29) is 11.7 Å². The Hall–Kier alpha value is -2.32. The van der Waals surface area contributed by atoms with E-state index >= 15 is 0 Å². The third-order valence-corrected chi connectivity index (χ3v) is 5.62. The van der Waals surface area contributed by atoms with Crippen molar-refractivity contribution < 1.29 is 9.53 Å². The summed E-state index contributed by atoms with van der Waals surface area (Å²) in [4.78, 5) is 12.3. The molecule has 3 aromatic rings. The van der Waals surface area contributed by atoms with Gasteiger partial charge in [0.1, 0.15) is 12.4 Å². The fourth-order valence-electron chi connectivity index (χ4n) is 2.90. The second-order valence-corrected chi connectivity index (χ2v) is 8.46. The van der Waals surface area contributed by atoms with Crippen molar-refractivity contribution >= 4 is 39.3 Å². The Bertz CT molecular complexity index is 969. The van der Waals surface area contributed by atoms with Crippen LogP contribution >= 0.6 is 27.7 Å². The minimum absolute atomic E-state index is 0.0710. The molecule has 29 heavy (non-hydrogen) atoms. The summed E-state index contributed by atoms with van der Waals surface area (Å²) in [5.74, 6) is 1.69. The van der Waals surface area contributed by atoms with Crippen LogP contribution in [-0.4, -0.2) is 26.4 Å². The van der Waals surface area contributed by atoms with Crippen molar-refractivity contribution in [2.24, 2.45) is 0 Å². The van der Waals surface area contributed by atoms with E-state index in [1.807, 2.05) is 61.7 Å². The van der Waals surface area contributed by atoms with E-state index in [4.69, 9.17) is 4.74 Å². The van der Waals surface area contributed by atoms with Gasteiger partial charge >= 0.3 is 0 Å². The number of benzene rings is 2. The zero-order chi connectivity index (χ0) is 20.8. The molecule has 0 aliphatic carbocycles. The van der Waals surface area contributed by atoms with Gasteiger partial charge < -0.3 is 14.6 Å². The van der Waals surface area contributed by atoms with Crippen molar-refractivity contribution in [3.05, 3.63) is 63.9 Å². The maximum Gasteiger partial charge on any atom is 0.234 e. The van der Waals surface area contributed by atoms with Crippen LogP contribution in [0.3, 0.4) is 0 Å². The second-order valence-electron chi connectivity index (χ2n) is 6.60. The number of hydrogen-bond donors (Lipinski definition) is 1. The molecule has 1 amide bonds. The molecule has 0 spiro atoms. The molecule has 0 saturated heterocycles. The Labute approximate surface area is 183 Å². The molecule has 0 saturated carbocycles. The van der Waals surface area contributed by atoms with Gasteiger partial charge in [0.05, 0.1) is 5.75 Å². The summed E-state index contributed by atoms with van der Waals surface area (Å²) in [6.45, 7) is 7.06. The third-order valence-electron chi connectivity index (χ3n) is 4.13. The lowest BCUT2D eigenvalue weighted by Gasteiger charge is -2.09. The summed E-state index contributed by atoms with van der Waals surface area (Å²) >= 11 is 4.77. The van der Waals surface area contributed by atoms with E-state index in [0.717, 1.165) is 32.9 Å². The molecule has 1 N–H and O–H groups in total. The fraction of sp³-hybridized carbons (Fsp3) is 0.286. The topological polar surface area (TPSA) is 69.0 Å². The molecule has 2 aromatic carbocycles. The summed E-state index contributed by atoms with van der Waals surface area (Å²) < 4.78 is 8.76. The van der Waals surface area contributed by atoms with Gasteiger partial charge in [0.15, 0.2) is 11.0 Å². The lowest BCUT2D eigenvalue weighted by Crippen LogP contribution is -2.15. The van der Waals surface area contributed by atoms with E-state index in [1.165, 1.54) is 11.8 Å². The number of carbonyl (C=O) groups excluding carboxylic acids is 1. The fourth-order valence-corrected chi connectivity index (χ4v) is 3.99. The normalized spacial score (nSPS) is 10.8. The van der Waals surface area contributed by atoms with E-state index < -0.39 is 0 Å². The van der Waals surface area contributed by atoms with Crippen molar-refractivity contribution in [3.8, 4) is 5.75 Å². The number of anilines is 1. The number of hydrogen-bond acceptors (Lipinski definition) is 5. The summed E-state index contributed by atoms with van der Waals surface area (Å²) in [6, 6.07) is 13.6. The highest BCUT2D eigenvalue weighted by atomic mass is 79.9. The van der Waals surface area contributed by atoms with Crippen molar-refractivity contribution in [2.75, 3.05) is 11.1 Å². The van der Waals surface area contributed by atoms with Gasteiger partial charge in [-0.15, -0.1) is 10.2 Å². The predicted octanol–water partition coefficient (Wildman–Crippen LogP) is 4.99. The number of aryl methyl sites for hydroxylation is 2. The highest BCUT2D eigenvalue weighted by Gasteiger charge is 2.14. The van der Waals surface area contributed by atoms with E-state index in [2.05, 4.69) is 37.5 Å². The third kappa shape index (κ3) is 6.08. The Balaban J connectivity index is 1.58. The molecule has 1 aromatic heterocycles. The van der Waals surface area contributed by atoms with Crippen molar-refractivity contribution in [1.29, 1.82) is 0 Å². The van der Waals surface area contributed by atoms with E-state index in [9.17, 15) is 4.79 Å². The Morgan fingerprint density at radius 2 is 1.83 bits per heavy atom. The van der Waals surface area contributed by atoms with Gasteiger partial charge in [-0.1, -0.05) is 33.8 Å². The lowest BCUT2D eigenvalue weighted by molar-refractivity contribution is -0.113. The van der Waals surface area contributed by atoms with Crippen LogP contribution in [0.4, 0.5) is 5.69 Å². The number of rotatable bonds is 8. The maximum atomic E-state index is 12.3. The molecule has 0 radical (unpaired) electrons. The van der Waals surface area contributed by atoms with Gasteiger partial charge in [0, 0.05) is 16.7 Å². The first-order chi connectivity index (χ1) is 13.9. The van der Waals surface area contributed by atoms with Gasteiger partial charge in [0.2, 0.25) is 5.91 Å². The van der Waals surface area contributed by atoms with Crippen LogP contribution in [0.5, 0.6) is 5.75 Å². The minimum Gasteiger partial charge on any atom is -0.486 e. The lowest BCUT2D eigenvalue weighted by atomic mass is 10.1. The molecule has 152 valence electrons. The number of halogens is 1. The molecule has 8 heteroatoms. The molecule has 3 rings (SSSR count). The van der Waals surface area contributed by atoms with Crippen molar-refractivity contribution in [1.82, 2.24) is 14.8 Å². The molecular weight excluding hydrogens is 452 g/mol. The number of carbonyl (C=O) groups is 1. The second kappa shape index (κ2) is 9.93. The number of nitrogens with one attached hydrogen (secondary N) is 1. The molecule has 0 bridgehead atoms. The molecule has 0 fully saturated rings. The summed E-state index contributed by atoms with van der Waals surface area (Å²) in [5, 5.41) is 12.1. The summed E-state index contributed by atoms with van der Waals surface area (Å²) in [5.41, 5.74) is 3.05. The number of ether oxygens (including phenoxy) is 1. The first-order valence-electron chi connectivity index (χ1n) is 9.26. The van der Waals surface area contributed by atoms with Crippen LogP contribution in [0, 0.1) is 13.8 Å². The Morgan fingerprint density at radius 3 is 2.48 bits per heavy atom. The van der Waals surface area contributed by atoms with Crippen molar-refractivity contribution in [3.63, 3.8) is 0 Å². The number of amides is 1. The molecule has 0 unspecified atom stereocenters. The largest absolute Gasteiger partial charge is 0.486 e. The summed E-state index contributed by atoms with van der Waals surface area (Å²) in [6.07, 6.45) is 0. The zero-order valence-corrected chi connectivity index (χ0v) is 19.0. The first-order valence-corrected chi connectivity index (χ1v) is 11.0. The molecule has 0 atom stereocenters. The van der Waals surface area contributed by atoms with Gasteiger partial charge in [-0.25, -0.2) is 0 Å². The van der Waals surface area contributed by atoms with E-state index in [0.29, 0.717) is 18.3 Å². The van der Waals surface area contributed by atoms with Gasteiger partial charge in [-0.3, -0.25) is 4.79 Å². The van der Waals surface area contributed by atoms with Crippen LogP contribution in [0.15, 0.2) is 52.1 Å². The monoisotopic (exact) mass is 474 g/mol. The molecule has 1 heterocycles. The predicted molar refractivity (Wildman–Crippen MR) is 119 cm³/mol. The molecule has 6 nitrogen and oxygen atoms in total. The maximum absolute atomic E-state index is 12.3. The average Bonchev–Trinajstić information content (AvgIpc) is 3.07. The van der Waals surface area contributed by atoms with Crippen LogP contribution in [-0.2, 0) is 17.9 Å². The molecular formula is C21H23BrN4O2S. The smallest absolute Gasteiger partial charge is 0.234 e. The Kier molecular flexibility index (Phi) is 7.33. The van der Waals surface area contributed by atoms with Gasteiger partial charge in [-0.2, -0.15) is 0 Å². The first kappa shape index (κ1) is 21.4. The highest BCUT2D eigenvalue weighted by Crippen LogP contribution is 2.21. The standard InChI is InChI=1S/C21H23BrN4O2S/c1-4-26-19(12-28-18-7-5-16(22)6-8-18)24-25-21(26)29-13-20(27)23-17-10-14(2)9-15(3)11-17/h5-11H,4,12-13H2,1-3H3,(H,23,27). The van der Waals surface area contributed by atoms with Crippen molar-refractivity contribution in [2.45, 2.75) is 39.1 Å². The van der Waals surface area contributed by atoms with Crippen LogP contribution < -0.4 is 10.1 Å². The molecule has 0 aliphatic rings. The minimum atomic E-state index is -0.0710. The Morgan fingerprint density at radius 1 is 1.14 bits per heavy atom. The van der Waals surface area contributed by atoms with Gasteiger partial charge in [-0.05, 0) is 68.3 Å².